The van der Waals surface area contributed by atoms with Crippen molar-refractivity contribution in [1.82, 2.24) is 5.32 Å². The SMILES string of the molecule is Cc1cc(C)c([C@H](C)[C@@H](CO[Si](C)(C)C(C)(C)C)NC(=O)OC(C)(C)C)c(C)c1. The minimum Gasteiger partial charge on any atom is -0.444 e. The Kier molecular flexibility index (Phi) is 8.17. The lowest BCUT2D eigenvalue weighted by molar-refractivity contribution is 0.0475. The molecule has 0 spiro atoms. The van der Waals surface area contributed by atoms with Crippen molar-refractivity contribution in [2.75, 3.05) is 6.61 Å². The number of rotatable bonds is 6. The molecule has 1 rings (SSSR count). The van der Waals surface area contributed by atoms with E-state index in [9.17, 15) is 4.79 Å². The molecule has 29 heavy (non-hydrogen) atoms. The Morgan fingerprint density at radius 2 is 1.52 bits per heavy atom. The minimum absolute atomic E-state index is 0.105. The normalized spacial score (nSPS) is 15.0. The molecule has 1 amide bonds. The molecule has 5 heteroatoms. The van der Waals surface area contributed by atoms with Gasteiger partial charge in [-0.1, -0.05) is 45.4 Å². The lowest BCUT2D eigenvalue weighted by atomic mass is 9.86. The van der Waals surface area contributed by atoms with Crippen molar-refractivity contribution in [3.8, 4) is 0 Å². The number of amides is 1. The van der Waals surface area contributed by atoms with Gasteiger partial charge in [-0.2, -0.15) is 0 Å². The molecule has 0 fully saturated rings. The van der Waals surface area contributed by atoms with E-state index in [1.807, 2.05) is 20.8 Å². The summed E-state index contributed by atoms with van der Waals surface area (Å²) < 4.78 is 12.0. The van der Waals surface area contributed by atoms with Crippen LogP contribution in [0.2, 0.25) is 18.1 Å². The second kappa shape index (κ2) is 9.21. The Labute approximate surface area is 179 Å². The van der Waals surface area contributed by atoms with Crippen molar-refractivity contribution in [3.05, 3.63) is 34.4 Å². The van der Waals surface area contributed by atoms with Gasteiger partial charge in [-0.3, -0.25) is 0 Å². The first-order valence-electron chi connectivity index (χ1n) is 10.7. The highest BCUT2D eigenvalue weighted by atomic mass is 28.4. The Morgan fingerprint density at radius 1 is 1.03 bits per heavy atom. The Bertz CT molecular complexity index is 691. The van der Waals surface area contributed by atoms with Crippen LogP contribution in [0.4, 0.5) is 4.79 Å². The van der Waals surface area contributed by atoms with E-state index < -0.39 is 20.0 Å². The lowest BCUT2D eigenvalue weighted by Crippen LogP contribution is -2.49. The Morgan fingerprint density at radius 3 is 1.93 bits per heavy atom. The second-order valence-corrected chi connectivity index (χ2v) is 15.7. The van der Waals surface area contributed by atoms with Crippen molar-refractivity contribution in [2.45, 2.75) is 105 Å². The van der Waals surface area contributed by atoms with Crippen LogP contribution in [0.25, 0.3) is 0 Å². The first-order chi connectivity index (χ1) is 12.9. The van der Waals surface area contributed by atoms with Crippen LogP contribution in [0.3, 0.4) is 0 Å². The first kappa shape index (κ1) is 25.7. The fraction of sp³-hybridized carbons (Fsp3) is 0.708. The molecule has 0 radical (unpaired) electrons. The molecule has 0 unspecified atom stereocenters. The summed E-state index contributed by atoms with van der Waals surface area (Å²) in [6, 6.07) is 4.25. The van der Waals surface area contributed by atoms with Gasteiger partial charge in [-0.15, -0.1) is 0 Å². The number of hydrogen-bond donors (Lipinski definition) is 1. The molecule has 0 heterocycles. The number of aryl methyl sites for hydroxylation is 3. The summed E-state index contributed by atoms with van der Waals surface area (Å²) in [5, 5.41) is 3.21. The predicted molar refractivity (Wildman–Crippen MR) is 125 cm³/mol. The van der Waals surface area contributed by atoms with Gasteiger partial charge in [0.15, 0.2) is 8.32 Å². The van der Waals surface area contributed by atoms with Gasteiger partial charge in [0, 0.05) is 5.92 Å². The molecular formula is C24H43NO3Si. The number of carbonyl (C=O) groups excluding carboxylic acids is 1. The van der Waals surface area contributed by atoms with Gasteiger partial charge in [0.25, 0.3) is 0 Å². The maximum absolute atomic E-state index is 12.6. The van der Waals surface area contributed by atoms with Gasteiger partial charge in [-0.25, -0.2) is 4.79 Å². The summed E-state index contributed by atoms with van der Waals surface area (Å²) >= 11 is 0. The van der Waals surface area contributed by atoms with Crippen molar-refractivity contribution in [3.63, 3.8) is 0 Å². The number of nitrogens with one attached hydrogen (secondary N) is 1. The third-order valence-electron chi connectivity index (χ3n) is 5.93. The van der Waals surface area contributed by atoms with E-state index in [-0.39, 0.29) is 17.0 Å². The minimum atomic E-state index is -1.94. The van der Waals surface area contributed by atoms with Crippen LogP contribution in [-0.4, -0.2) is 32.7 Å². The van der Waals surface area contributed by atoms with Crippen LogP contribution in [0.15, 0.2) is 12.1 Å². The summed E-state index contributed by atoms with van der Waals surface area (Å²) in [7, 11) is -1.94. The summed E-state index contributed by atoms with van der Waals surface area (Å²) in [6.45, 7) is 25.9. The predicted octanol–water partition coefficient (Wildman–Crippen LogP) is 6.63. The molecule has 0 aliphatic rings. The van der Waals surface area contributed by atoms with Crippen LogP contribution >= 0.6 is 0 Å². The van der Waals surface area contributed by atoms with E-state index in [4.69, 9.17) is 9.16 Å². The molecule has 1 aromatic carbocycles. The van der Waals surface area contributed by atoms with Crippen LogP contribution in [0.1, 0.15) is 76.6 Å². The van der Waals surface area contributed by atoms with Crippen molar-refractivity contribution in [2.24, 2.45) is 0 Å². The summed E-state index contributed by atoms with van der Waals surface area (Å²) in [6.07, 6.45) is -0.393. The lowest BCUT2D eigenvalue weighted by Gasteiger charge is -2.38. The fourth-order valence-corrected chi connectivity index (χ4v) is 4.42. The molecule has 4 nitrogen and oxygen atoms in total. The van der Waals surface area contributed by atoms with Gasteiger partial charge < -0.3 is 14.5 Å². The zero-order valence-electron chi connectivity index (χ0n) is 20.7. The number of benzene rings is 1. The highest BCUT2D eigenvalue weighted by Crippen LogP contribution is 2.37. The van der Waals surface area contributed by atoms with Crippen LogP contribution in [0, 0.1) is 20.8 Å². The van der Waals surface area contributed by atoms with E-state index in [0.717, 1.165) is 0 Å². The zero-order valence-corrected chi connectivity index (χ0v) is 21.7. The summed E-state index contributed by atoms with van der Waals surface area (Å²) in [4.78, 5) is 12.6. The molecule has 0 aliphatic heterocycles. The van der Waals surface area contributed by atoms with Crippen LogP contribution < -0.4 is 5.32 Å². The van der Waals surface area contributed by atoms with Crippen LogP contribution in [0.5, 0.6) is 0 Å². The smallest absolute Gasteiger partial charge is 0.407 e. The maximum Gasteiger partial charge on any atom is 0.407 e. The van der Waals surface area contributed by atoms with E-state index in [1.54, 1.807) is 0 Å². The molecule has 2 atom stereocenters. The van der Waals surface area contributed by atoms with E-state index >= 15 is 0 Å². The standard InChI is InChI=1S/C24H43NO3Si/c1-16-13-17(2)21(18(3)14-16)19(4)20(25-22(26)28-23(5,6)7)15-27-29(11,12)24(8,9)10/h13-14,19-20H,15H2,1-12H3,(H,25,26)/t19-,20-/m1/s1. The van der Waals surface area contributed by atoms with Gasteiger partial charge in [0.1, 0.15) is 5.60 Å². The monoisotopic (exact) mass is 421 g/mol. The van der Waals surface area contributed by atoms with E-state index in [0.29, 0.717) is 6.61 Å². The third kappa shape index (κ3) is 7.45. The average Bonchev–Trinajstić information content (AvgIpc) is 2.47. The average molecular weight is 422 g/mol. The molecule has 0 aromatic heterocycles. The topological polar surface area (TPSA) is 47.6 Å². The molecule has 0 saturated heterocycles. The number of alkyl carbamates (subject to hydrolysis) is 1. The van der Waals surface area contributed by atoms with E-state index in [1.165, 1.54) is 22.3 Å². The quantitative estimate of drug-likeness (QED) is 0.524. The highest BCUT2D eigenvalue weighted by Gasteiger charge is 2.38. The Balaban J connectivity index is 3.17. The van der Waals surface area contributed by atoms with Gasteiger partial charge in [0.2, 0.25) is 0 Å². The second-order valence-electron chi connectivity index (χ2n) is 10.9. The number of carbonyl (C=O) groups is 1. The van der Waals surface area contributed by atoms with E-state index in [2.05, 4.69) is 79.0 Å². The molecule has 0 bridgehead atoms. The summed E-state index contributed by atoms with van der Waals surface area (Å²) in [5.41, 5.74) is 4.49. The van der Waals surface area contributed by atoms with Crippen molar-refractivity contribution in [1.29, 1.82) is 0 Å². The molecule has 1 N–H and O–H groups in total. The van der Waals surface area contributed by atoms with Crippen molar-refractivity contribution >= 4 is 14.4 Å². The third-order valence-corrected chi connectivity index (χ3v) is 10.4. The largest absolute Gasteiger partial charge is 0.444 e. The first-order valence-corrected chi connectivity index (χ1v) is 13.6. The fourth-order valence-electron chi connectivity index (χ4n) is 3.40. The molecule has 0 aliphatic carbocycles. The van der Waals surface area contributed by atoms with Gasteiger partial charge >= 0.3 is 6.09 Å². The Hall–Kier alpha value is -1.33. The molecular weight excluding hydrogens is 378 g/mol. The molecule has 1 aromatic rings. The van der Waals surface area contributed by atoms with Gasteiger partial charge in [0.05, 0.1) is 12.6 Å². The number of hydrogen-bond acceptors (Lipinski definition) is 3. The zero-order chi connectivity index (χ0) is 22.8. The summed E-state index contributed by atoms with van der Waals surface area (Å²) in [5.74, 6) is 0.105. The van der Waals surface area contributed by atoms with Gasteiger partial charge in [-0.05, 0) is 76.4 Å². The highest BCUT2D eigenvalue weighted by molar-refractivity contribution is 6.74. The molecule has 166 valence electrons. The molecule has 0 saturated carbocycles. The maximum atomic E-state index is 12.6. The van der Waals surface area contributed by atoms with Crippen molar-refractivity contribution < 1.29 is 14.0 Å². The number of ether oxygens (including phenoxy) is 1. The van der Waals surface area contributed by atoms with Crippen LogP contribution in [-0.2, 0) is 9.16 Å².